The summed E-state index contributed by atoms with van der Waals surface area (Å²) in [5, 5.41) is 15.5. The van der Waals surface area contributed by atoms with Crippen molar-refractivity contribution in [1.82, 2.24) is 9.97 Å². The van der Waals surface area contributed by atoms with E-state index >= 15 is 0 Å². The van der Waals surface area contributed by atoms with Gasteiger partial charge in [-0.2, -0.15) is 5.26 Å². The average molecular weight is 317 g/mol. The second-order valence-electron chi connectivity index (χ2n) is 4.93. The number of ether oxygens (including phenoxy) is 1. The number of benzene rings is 2. The molecule has 0 saturated heterocycles. The highest BCUT2D eigenvalue weighted by atomic mass is 16.5. The van der Waals surface area contributed by atoms with Crippen molar-refractivity contribution < 1.29 is 4.74 Å². The molecule has 118 valence electrons. The maximum Gasteiger partial charge on any atom is 0.135 e. The van der Waals surface area contributed by atoms with Gasteiger partial charge in [-0.1, -0.05) is 18.2 Å². The quantitative estimate of drug-likeness (QED) is 0.744. The summed E-state index contributed by atoms with van der Waals surface area (Å²) < 4.78 is 5.21. The summed E-state index contributed by atoms with van der Waals surface area (Å²) in [4.78, 5) is 8.40. The van der Waals surface area contributed by atoms with E-state index in [1.165, 1.54) is 6.33 Å². The number of nitriles is 1. The summed E-state index contributed by atoms with van der Waals surface area (Å²) in [5.41, 5.74) is 2.11. The van der Waals surface area contributed by atoms with Crippen molar-refractivity contribution in [2.75, 3.05) is 17.7 Å². The predicted octanol–water partition coefficient (Wildman–Crippen LogP) is 3.84. The SMILES string of the molecule is COc1cccc(Nc2cc(Nc3ccccc3C#N)ncn2)c1. The molecule has 0 amide bonds. The first kappa shape index (κ1) is 15.3. The molecule has 0 unspecified atom stereocenters. The van der Waals surface area contributed by atoms with Crippen LogP contribution in [0.4, 0.5) is 23.0 Å². The number of hydrogen-bond donors (Lipinski definition) is 2. The fourth-order valence-corrected chi connectivity index (χ4v) is 2.17. The van der Waals surface area contributed by atoms with Crippen molar-refractivity contribution in [2.45, 2.75) is 0 Å². The minimum absolute atomic E-state index is 0.554. The maximum absolute atomic E-state index is 9.15. The maximum atomic E-state index is 9.15. The van der Waals surface area contributed by atoms with Gasteiger partial charge in [0, 0.05) is 17.8 Å². The van der Waals surface area contributed by atoms with Gasteiger partial charge < -0.3 is 15.4 Å². The first-order valence-electron chi connectivity index (χ1n) is 7.28. The number of rotatable bonds is 5. The molecule has 0 radical (unpaired) electrons. The molecule has 0 bridgehead atoms. The van der Waals surface area contributed by atoms with E-state index in [-0.39, 0.29) is 0 Å². The van der Waals surface area contributed by atoms with Gasteiger partial charge in [0.15, 0.2) is 0 Å². The van der Waals surface area contributed by atoms with Crippen LogP contribution in [-0.2, 0) is 0 Å². The summed E-state index contributed by atoms with van der Waals surface area (Å²) in [6.45, 7) is 0. The molecule has 2 aromatic carbocycles. The Morgan fingerprint density at radius 3 is 2.54 bits per heavy atom. The Hall–Kier alpha value is -3.59. The molecule has 0 fully saturated rings. The van der Waals surface area contributed by atoms with E-state index in [0.717, 1.165) is 11.4 Å². The number of nitrogens with one attached hydrogen (secondary N) is 2. The van der Waals surface area contributed by atoms with Gasteiger partial charge in [0.25, 0.3) is 0 Å². The zero-order valence-electron chi connectivity index (χ0n) is 13.0. The van der Waals surface area contributed by atoms with Gasteiger partial charge in [-0.05, 0) is 24.3 Å². The molecule has 0 aliphatic heterocycles. The lowest BCUT2D eigenvalue weighted by molar-refractivity contribution is 0.415. The lowest BCUT2D eigenvalue weighted by Gasteiger charge is -2.10. The number of hydrogen-bond acceptors (Lipinski definition) is 6. The van der Waals surface area contributed by atoms with Gasteiger partial charge in [0.1, 0.15) is 29.8 Å². The first-order valence-corrected chi connectivity index (χ1v) is 7.28. The third-order valence-electron chi connectivity index (χ3n) is 3.32. The molecule has 1 aromatic heterocycles. The second-order valence-corrected chi connectivity index (χ2v) is 4.93. The van der Waals surface area contributed by atoms with Crippen LogP contribution in [0.15, 0.2) is 60.9 Å². The third-order valence-corrected chi connectivity index (χ3v) is 3.32. The summed E-state index contributed by atoms with van der Waals surface area (Å²) in [5.74, 6) is 1.99. The van der Waals surface area contributed by atoms with E-state index in [4.69, 9.17) is 10.00 Å². The van der Waals surface area contributed by atoms with Crippen molar-refractivity contribution in [1.29, 1.82) is 5.26 Å². The van der Waals surface area contributed by atoms with Crippen molar-refractivity contribution in [2.24, 2.45) is 0 Å². The number of para-hydroxylation sites is 1. The molecule has 0 saturated carbocycles. The van der Waals surface area contributed by atoms with Crippen molar-refractivity contribution >= 4 is 23.0 Å². The molecule has 24 heavy (non-hydrogen) atoms. The van der Waals surface area contributed by atoms with Gasteiger partial charge in [-0.3, -0.25) is 0 Å². The van der Waals surface area contributed by atoms with Crippen LogP contribution < -0.4 is 15.4 Å². The van der Waals surface area contributed by atoms with E-state index in [1.54, 1.807) is 19.2 Å². The summed E-state index contributed by atoms with van der Waals surface area (Å²) in [6.07, 6.45) is 1.46. The number of methoxy groups -OCH3 is 1. The van der Waals surface area contributed by atoms with Crippen LogP contribution >= 0.6 is 0 Å². The molecule has 0 spiro atoms. The Kier molecular flexibility index (Phi) is 4.54. The van der Waals surface area contributed by atoms with Crippen molar-refractivity contribution in [3.05, 3.63) is 66.5 Å². The van der Waals surface area contributed by atoms with Gasteiger partial charge in [-0.15, -0.1) is 0 Å². The zero-order chi connectivity index (χ0) is 16.8. The van der Waals surface area contributed by atoms with Crippen molar-refractivity contribution in [3.8, 4) is 11.8 Å². The Morgan fingerprint density at radius 1 is 0.958 bits per heavy atom. The average Bonchev–Trinajstić information content (AvgIpc) is 2.62. The van der Waals surface area contributed by atoms with Crippen LogP contribution in [-0.4, -0.2) is 17.1 Å². The number of nitrogens with zero attached hydrogens (tertiary/aromatic N) is 3. The number of anilines is 4. The van der Waals surface area contributed by atoms with Crippen molar-refractivity contribution in [3.63, 3.8) is 0 Å². The lowest BCUT2D eigenvalue weighted by atomic mass is 10.2. The molecule has 0 aliphatic rings. The molecule has 2 N–H and O–H groups in total. The molecule has 3 rings (SSSR count). The van der Waals surface area contributed by atoms with Crippen LogP contribution in [0.1, 0.15) is 5.56 Å². The second kappa shape index (κ2) is 7.11. The molecule has 0 aliphatic carbocycles. The largest absolute Gasteiger partial charge is 0.497 e. The topological polar surface area (TPSA) is 82.9 Å². The molecule has 6 nitrogen and oxygen atoms in total. The Bertz CT molecular complexity index is 888. The van der Waals surface area contributed by atoms with Crippen LogP contribution in [0, 0.1) is 11.3 Å². The molecule has 1 heterocycles. The monoisotopic (exact) mass is 317 g/mol. The van der Waals surface area contributed by atoms with E-state index in [2.05, 4.69) is 26.7 Å². The zero-order valence-corrected chi connectivity index (χ0v) is 13.0. The Morgan fingerprint density at radius 2 is 1.75 bits per heavy atom. The summed E-state index contributed by atoms with van der Waals surface area (Å²) >= 11 is 0. The Labute approximate surface area is 139 Å². The highest BCUT2D eigenvalue weighted by molar-refractivity contribution is 5.67. The summed E-state index contributed by atoms with van der Waals surface area (Å²) in [6, 6.07) is 18.7. The molecular weight excluding hydrogens is 302 g/mol. The minimum Gasteiger partial charge on any atom is -0.497 e. The lowest BCUT2D eigenvalue weighted by Crippen LogP contribution is -1.99. The smallest absolute Gasteiger partial charge is 0.135 e. The van der Waals surface area contributed by atoms with Crippen LogP contribution in [0.2, 0.25) is 0 Å². The molecule has 3 aromatic rings. The molecular formula is C18H15N5O. The number of aromatic nitrogens is 2. The van der Waals surface area contributed by atoms with E-state index in [0.29, 0.717) is 22.9 Å². The fourth-order valence-electron chi connectivity index (χ4n) is 2.17. The standard InChI is InChI=1S/C18H15N5O/c1-24-15-7-4-6-14(9-15)22-17-10-18(21-12-20-17)23-16-8-3-2-5-13(16)11-19/h2-10,12H,1H3,(H2,20,21,22,23). The van der Waals surface area contributed by atoms with Crippen LogP contribution in [0.3, 0.4) is 0 Å². The highest BCUT2D eigenvalue weighted by Gasteiger charge is 2.04. The first-order chi connectivity index (χ1) is 11.8. The Balaban J connectivity index is 1.80. The van der Waals surface area contributed by atoms with Crippen LogP contribution in [0.5, 0.6) is 5.75 Å². The molecule has 0 atom stereocenters. The van der Waals surface area contributed by atoms with E-state index in [9.17, 15) is 0 Å². The fraction of sp³-hybridized carbons (Fsp3) is 0.0556. The van der Waals surface area contributed by atoms with Gasteiger partial charge in [0.05, 0.1) is 18.4 Å². The highest BCUT2D eigenvalue weighted by Crippen LogP contribution is 2.23. The predicted molar refractivity (Wildman–Crippen MR) is 92.7 cm³/mol. The van der Waals surface area contributed by atoms with Crippen LogP contribution in [0.25, 0.3) is 0 Å². The van der Waals surface area contributed by atoms with E-state index in [1.807, 2.05) is 42.5 Å². The van der Waals surface area contributed by atoms with Gasteiger partial charge in [-0.25, -0.2) is 9.97 Å². The normalized spacial score (nSPS) is 9.83. The third kappa shape index (κ3) is 3.59. The molecule has 6 heteroatoms. The van der Waals surface area contributed by atoms with Gasteiger partial charge in [0.2, 0.25) is 0 Å². The van der Waals surface area contributed by atoms with Gasteiger partial charge >= 0.3 is 0 Å². The summed E-state index contributed by atoms with van der Waals surface area (Å²) in [7, 11) is 1.62. The minimum atomic E-state index is 0.554. The van der Waals surface area contributed by atoms with E-state index < -0.39 is 0 Å².